The van der Waals surface area contributed by atoms with E-state index in [9.17, 15) is 9.59 Å². The number of hydrogen-bond acceptors (Lipinski definition) is 5. The van der Waals surface area contributed by atoms with Crippen LogP contribution in [0.25, 0.3) is 0 Å². The van der Waals surface area contributed by atoms with Crippen LogP contribution in [0.3, 0.4) is 0 Å². The number of hydrogen-bond donors (Lipinski definition) is 3. The highest BCUT2D eigenvalue weighted by Crippen LogP contribution is 2.29. The number of methoxy groups -OCH3 is 1. The quantitative estimate of drug-likeness (QED) is 0.497. The Morgan fingerprint density at radius 2 is 1.95 bits per heavy atom. The Balaban J connectivity index is 2.26. The second-order valence-electron chi connectivity index (χ2n) is 4.95. The first kappa shape index (κ1) is 16.9. The first-order chi connectivity index (χ1) is 9.64. The van der Waals surface area contributed by atoms with Crippen LogP contribution in [-0.2, 0) is 19.1 Å². The molecule has 0 aromatic carbocycles. The van der Waals surface area contributed by atoms with Crippen molar-refractivity contribution in [3.05, 3.63) is 0 Å². The molecule has 20 heavy (non-hydrogen) atoms. The van der Waals surface area contributed by atoms with E-state index in [1.165, 1.54) is 0 Å². The summed E-state index contributed by atoms with van der Waals surface area (Å²) in [6.07, 6.45) is 1.53. The maximum absolute atomic E-state index is 12.2. The maximum atomic E-state index is 12.2. The van der Waals surface area contributed by atoms with E-state index in [1.807, 2.05) is 0 Å². The number of nitrogens with two attached hydrogens (primary N) is 1. The summed E-state index contributed by atoms with van der Waals surface area (Å²) in [7, 11) is 1.58. The van der Waals surface area contributed by atoms with E-state index in [0.29, 0.717) is 52.3 Å². The molecular formula is C13H25N3O4. The summed E-state index contributed by atoms with van der Waals surface area (Å²) < 4.78 is 10.1. The first-order valence-electron chi connectivity index (χ1n) is 6.96. The molecule has 7 nitrogen and oxygen atoms in total. The topological polar surface area (TPSA) is 103 Å². The zero-order valence-electron chi connectivity index (χ0n) is 12.1. The molecule has 1 heterocycles. The molecule has 7 heteroatoms. The standard InChI is InChI=1S/C13H25N3O4/c1-19-9-6-15-11(17)2-5-16-12(18)13(10-14)3-7-20-8-4-13/h2-10,14H2,1H3,(H,15,17)(H,16,18). The van der Waals surface area contributed by atoms with Gasteiger partial charge in [-0.3, -0.25) is 9.59 Å². The number of ether oxygens (including phenoxy) is 2. The molecule has 1 aliphatic heterocycles. The average molecular weight is 287 g/mol. The molecule has 0 radical (unpaired) electrons. The first-order valence-corrected chi connectivity index (χ1v) is 6.96. The predicted octanol–water partition coefficient (Wildman–Crippen LogP) is -0.989. The Bertz CT molecular complexity index is 317. The van der Waals surface area contributed by atoms with E-state index >= 15 is 0 Å². The normalized spacial score (nSPS) is 17.5. The van der Waals surface area contributed by atoms with Gasteiger partial charge in [0.15, 0.2) is 0 Å². The number of rotatable bonds is 8. The van der Waals surface area contributed by atoms with Crippen molar-refractivity contribution < 1.29 is 19.1 Å². The lowest BCUT2D eigenvalue weighted by atomic mass is 9.79. The largest absolute Gasteiger partial charge is 0.383 e. The van der Waals surface area contributed by atoms with Gasteiger partial charge >= 0.3 is 0 Å². The van der Waals surface area contributed by atoms with Crippen LogP contribution in [-0.4, -0.2) is 58.4 Å². The van der Waals surface area contributed by atoms with Crippen LogP contribution in [0.5, 0.6) is 0 Å². The second kappa shape index (κ2) is 8.89. The summed E-state index contributed by atoms with van der Waals surface area (Å²) in [5, 5.41) is 5.50. The lowest BCUT2D eigenvalue weighted by Gasteiger charge is -2.34. The molecule has 116 valence electrons. The third-order valence-corrected chi connectivity index (χ3v) is 3.59. The van der Waals surface area contributed by atoms with E-state index in [1.54, 1.807) is 7.11 Å². The highest BCUT2D eigenvalue weighted by Gasteiger charge is 2.38. The van der Waals surface area contributed by atoms with E-state index in [0.717, 1.165) is 0 Å². The fourth-order valence-electron chi connectivity index (χ4n) is 2.14. The Morgan fingerprint density at radius 3 is 2.55 bits per heavy atom. The minimum absolute atomic E-state index is 0.0759. The molecule has 1 fully saturated rings. The molecule has 0 aromatic rings. The van der Waals surface area contributed by atoms with Crippen LogP contribution in [0.4, 0.5) is 0 Å². The van der Waals surface area contributed by atoms with Crippen LogP contribution in [0, 0.1) is 5.41 Å². The van der Waals surface area contributed by atoms with Crippen LogP contribution in [0.15, 0.2) is 0 Å². The number of nitrogens with one attached hydrogen (secondary N) is 2. The average Bonchev–Trinajstić information content (AvgIpc) is 2.48. The zero-order valence-corrected chi connectivity index (χ0v) is 12.1. The van der Waals surface area contributed by atoms with Gasteiger partial charge in [-0.2, -0.15) is 0 Å². The van der Waals surface area contributed by atoms with E-state index < -0.39 is 5.41 Å². The monoisotopic (exact) mass is 287 g/mol. The van der Waals surface area contributed by atoms with E-state index in [-0.39, 0.29) is 18.2 Å². The Labute approximate surface area is 119 Å². The molecule has 0 atom stereocenters. The summed E-state index contributed by atoms with van der Waals surface area (Å²) in [5.41, 5.74) is 5.21. The van der Waals surface area contributed by atoms with Crippen molar-refractivity contribution in [2.45, 2.75) is 19.3 Å². The molecule has 0 bridgehead atoms. The third-order valence-electron chi connectivity index (χ3n) is 3.59. The molecule has 0 aliphatic carbocycles. The second-order valence-corrected chi connectivity index (χ2v) is 4.95. The van der Waals surface area contributed by atoms with Gasteiger partial charge in [-0.25, -0.2) is 0 Å². The molecule has 0 saturated carbocycles. The summed E-state index contributed by atoms with van der Waals surface area (Å²) in [6, 6.07) is 0. The van der Waals surface area contributed by atoms with Crippen molar-refractivity contribution in [2.24, 2.45) is 11.1 Å². The highest BCUT2D eigenvalue weighted by molar-refractivity contribution is 5.84. The fourth-order valence-corrected chi connectivity index (χ4v) is 2.14. The SMILES string of the molecule is COCCNC(=O)CCNC(=O)C1(CN)CCOCC1. The minimum Gasteiger partial charge on any atom is -0.383 e. The molecule has 1 aliphatic rings. The van der Waals surface area contributed by atoms with Gasteiger partial charge in [0.25, 0.3) is 0 Å². The van der Waals surface area contributed by atoms with Crippen molar-refractivity contribution in [3.8, 4) is 0 Å². The number of amides is 2. The van der Waals surface area contributed by atoms with Crippen molar-refractivity contribution in [1.82, 2.24) is 10.6 Å². The lowest BCUT2D eigenvalue weighted by molar-refractivity contribution is -0.136. The van der Waals surface area contributed by atoms with Gasteiger partial charge in [-0.1, -0.05) is 0 Å². The molecule has 2 amide bonds. The zero-order chi connectivity index (χ0) is 14.8. The van der Waals surface area contributed by atoms with Crippen LogP contribution >= 0.6 is 0 Å². The van der Waals surface area contributed by atoms with Gasteiger partial charge < -0.3 is 25.8 Å². The van der Waals surface area contributed by atoms with Crippen molar-refractivity contribution in [2.75, 3.05) is 46.6 Å². The van der Waals surface area contributed by atoms with Gasteiger partial charge in [0.2, 0.25) is 11.8 Å². The van der Waals surface area contributed by atoms with Crippen LogP contribution in [0.2, 0.25) is 0 Å². The Kier molecular flexibility index (Phi) is 7.50. The van der Waals surface area contributed by atoms with E-state index in [2.05, 4.69) is 10.6 Å². The number of carbonyl (C=O) groups excluding carboxylic acids is 2. The molecule has 4 N–H and O–H groups in total. The van der Waals surface area contributed by atoms with E-state index in [4.69, 9.17) is 15.2 Å². The molecular weight excluding hydrogens is 262 g/mol. The van der Waals surface area contributed by atoms with Gasteiger partial charge in [0.05, 0.1) is 12.0 Å². The maximum Gasteiger partial charge on any atom is 0.227 e. The van der Waals surface area contributed by atoms with Gasteiger partial charge in [0, 0.05) is 46.4 Å². The Hall–Kier alpha value is -1.18. The van der Waals surface area contributed by atoms with Gasteiger partial charge in [-0.05, 0) is 12.8 Å². The molecule has 0 spiro atoms. The summed E-state index contributed by atoms with van der Waals surface area (Å²) in [4.78, 5) is 23.7. The van der Waals surface area contributed by atoms with Crippen LogP contribution < -0.4 is 16.4 Å². The third kappa shape index (κ3) is 5.07. The van der Waals surface area contributed by atoms with Crippen molar-refractivity contribution in [1.29, 1.82) is 0 Å². The van der Waals surface area contributed by atoms with Gasteiger partial charge in [0.1, 0.15) is 0 Å². The Morgan fingerprint density at radius 1 is 1.25 bits per heavy atom. The summed E-state index contributed by atoms with van der Waals surface area (Å²) in [6.45, 7) is 2.70. The molecule has 0 unspecified atom stereocenters. The molecule has 1 rings (SSSR count). The smallest absolute Gasteiger partial charge is 0.227 e. The highest BCUT2D eigenvalue weighted by atomic mass is 16.5. The van der Waals surface area contributed by atoms with Crippen LogP contribution in [0.1, 0.15) is 19.3 Å². The van der Waals surface area contributed by atoms with Crippen molar-refractivity contribution in [3.63, 3.8) is 0 Å². The predicted molar refractivity (Wildman–Crippen MR) is 74.1 cm³/mol. The molecule has 0 aromatic heterocycles. The number of carbonyl (C=O) groups is 2. The molecule has 1 saturated heterocycles. The summed E-state index contributed by atoms with van der Waals surface area (Å²) in [5.74, 6) is -0.177. The lowest BCUT2D eigenvalue weighted by Crippen LogP contribution is -2.49. The summed E-state index contributed by atoms with van der Waals surface area (Å²) >= 11 is 0. The fraction of sp³-hybridized carbons (Fsp3) is 0.846. The minimum atomic E-state index is -0.537. The van der Waals surface area contributed by atoms with Crippen molar-refractivity contribution >= 4 is 11.8 Å². The van der Waals surface area contributed by atoms with Gasteiger partial charge in [-0.15, -0.1) is 0 Å².